The molecule has 0 bridgehead atoms. The van der Waals surface area contributed by atoms with Crippen molar-refractivity contribution in [1.29, 1.82) is 0 Å². The second kappa shape index (κ2) is 8.23. The number of rotatable bonds is 5. The van der Waals surface area contributed by atoms with Crippen molar-refractivity contribution >= 4 is 33.3 Å². The van der Waals surface area contributed by atoms with Crippen LogP contribution in [0.4, 0.5) is 17.6 Å². The molecule has 2 aromatic carbocycles. The number of thiophene rings is 1. The molecule has 30 heavy (non-hydrogen) atoms. The predicted octanol–water partition coefficient (Wildman–Crippen LogP) is 5.96. The number of nitrogens with zero attached hydrogens (tertiary/aromatic N) is 2. The summed E-state index contributed by atoms with van der Waals surface area (Å²) in [7, 11) is 0. The van der Waals surface area contributed by atoms with Gasteiger partial charge >= 0.3 is 6.18 Å². The molecule has 9 heteroatoms. The van der Waals surface area contributed by atoms with Crippen LogP contribution in [0.5, 0.6) is 0 Å². The van der Waals surface area contributed by atoms with E-state index in [9.17, 15) is 22.4 Å². The lowest BCUT2D eigenvalue weighted by Gasteiger charge is -2.13. The lowest BCUT2D eigenvalue weighted by atomic mass is 10.1. The first-order valence-electron chi connectivity index (χ1n) is 8.83. The maximum absolute atomic E-state index is 13.2. The van der Waals surface area contributed by atoms with E-state index in [4.69, 9.17) is 0 Å². The number of fused-ring (bicyclic) bond motifs is 1. The van der Waals surface area contributed by atoms with Crippen molar-refractivity contribution in [3.8, 4) is 0 Å². The minimum absolute atomic E-state index is 0.185. The molecule has 0 N–H and O–H groups in total. The van der Waals surface area contributed by atoms with Gasteiger partial charge in [0, 0.05) is 5.75 Å². The fraction of sp³-hybridized carbons (Fsp3) is 0.143. The normalized spacial score (nSPS) is 11.9. The maximum atomic E-state index is 13.2. The highest BCUT2D eigenvalue weighted by Crippen LogP contribution is 2.31. The highest BCUT2D eigenvalue weighted by Gasteiger charge is 2.30. The summed E-state index contributed by atoms with van der Waals surface area (Å²) in [6, 6.07) is 12.6. The summed E-state index contributed by atoms with van der Waals surface area (Å²) in [6.07, 6.45) is -4.42. The van der Waals surface area contributed by atoms with E-state index in [0.717, 1.165) is 17.7 Å². The molecule has 154 valence electrons. The number of benzene rings is 2. The third-order valence-corrected chi connectivity index (χ3v) is 6.35. The molecule has 0 unspecified atom stereocenters. The standard InChI is InChI=1S/C21H14F4N2OS2/c22-16-6-4-13(5-7-16)11-27-19(28)18-17(8-9-29-18)26-20(27)30-12-14-2-1-3-15(10-14)21(23,24)25/h1-10H,11-12H2. The first kappa shape index (κ1) is 20.6. The average molecular weight is 450 g/mol. The van der Waals surface area contributed by atoms with Gasteiger partial charge in [0.1, 0.15) is 10.5 Å². The molecule has 0 atom stereocenters. The third kappa shape index (κ3) is 4.41. The van der Waals surface area contributed by atoms with Crippen molar-refractivity contribution in [2.75, 3.05) is 0 Å². The Balaban J connectivity index is 1.67. The van der Waals surface area contributed by atoms with Gasteiger partial charge in [-0.1, -0.05) is 42.1 Å². The van der Waals surface area contributed by atoms with Crippen LogP contribution in [0.25, 0.3) is 10.2 Å². The Labute approximate surface area is 177 Å². The van der Waals surface area contributed by atoms with Gasteiger partial charge in [-0.3, -0.25) is 9.36 Å². The summed E-state index contributed by atoms with van der Waals surface area (Å²) in [5.41, 5.74) is 0.795. The first-order valence-corrected chi connectivity index (χ1v) is 10.7. The Morgan fingerprint density at radius 1 is 1.03 bits per heavy atom. The number of hydrogen-bond donors (Lipinski definition) is 0. The van der Waals surface area contributed by atoms with Crippen LogP contribution in [-0.4, -0.2) is 9.55 Å². The zero-order valence-electron chi connectivity index (χ0n) is 15.3. The van der Waals surface area contributed by atoms with E-state index in [1.807, 2.05) is 0 Å². The Hall–Kier alpha value is -2.65. The molecule has 2 aromatic heterocycles. The van der Waals surface area contributed by atoms with Gasteiger partial charge in [0.2, 0.25) is 0 Å². The molecule has 0 saturated carbocycles. The summed E-state index contributed by atoms with van der Waals surface area (Å²) in [5.74, 6) is -0.160. The van der Waals surface area contributed by atoms with Crippen LogP contribution >= 0.6 is 23.1 Å². The molecular weight excluding hydrogens is 436 g/mol. The zero-order chi connectivity index (χ0) is 21.3. The van der Waals surface area contributed by atoms with E-state index >= 15 is 0 Å². The molecule has 0 aliphatic carbocycles. The fourth-order valence-corrected chi connectivity index (χ4v) is 4.65. The van der Waals surface area contributed by atoms with E-state index in [1.165, 1.54) is 45.9 Å². The van der Waals surface area contributed by atoms with Gasteiger partial charge in [0.05, 0.1) is 17.6 Å². The third-order valence-electron chi connectivity index (χ3n) is 4.41. The SMILES string of the molecule is O=c1c2sccc2nc(SCc2cccc(C(F)(F)F)c2)n1Cc1ccc(F)cc1. The highest BCUT2D eigenvalue weighted by atomic mass is 32.2. The monoisotopic (exact) mass is 450 g/mol. The Kier molecular flexibility index (Phi) is 5.66. The van der Waals surface area contributed by atoms with Crippen molar-refractivity contribution in [3.63, 3.8) is 0 Å². The fourth-order valence-electron chi connectivity index (χ4n) is 2.93. The van der Waals surface area contributed by atoms with Crippen LogP contribution in [0.3, 0.4) is 0 Å². The van der Waals surface area contributed by atoms with Gasteiger partial charge in [-0.2, -0.15) is 13.2 Å². The van der Waals surface area contributed by atoms with E-state index in [2.05, 4.69) is 4.98 Å². The van der Waals surface area contributed by atoms with Gasteiger partial charge in [0.15, 0.2) is 5.16 Å². The van der Waals surface area contributed by atoms with Gasteiger partial charge < -0.3 is 0 Å². The van der Waals surface area contributed by atoms with Gasteiger partial charge in [-0.25, -0.2) is 9.37 Å². The summed E-state index contributed by atoms with van der Waals surface area (Å²) in [5, 5.41) is 2.16. The van der Waals surface area contributed by atoms with Gasteiger partial charge in [-0.05, 0) is 40.8 Å². The minimum atomic E-state index is -4.42. The van der Waals surface area contributed by atoms with Crippen molar-refractivity contribution in [1.82, 2.24) is 9.55 Å². The molecule has 0 aliphatic rings. The summed E-state index contributed by atoms with van der Waals surface area (Å²) in [4.78, 5) is 17.5. The van der Waals surface area contributed by atoms with Crippen LogP contribution in [0.2, 0.25) is 0 Å². The minimum Gasteiger partial charge on any atom is -0.282 e. The second-order valence-corrected chi connectivity index (χ2v) is 8.39. The van der Waals surface area contributed by atoms with E-state index in [-0.39, 0.29) is 23.7 Å². The van der Waals surface area contributed by atoms with Crippen LogP contribution in [-0.2, 0) is 18.5 Å². The Morgan fingerprint density at radius 2 is 1.80 bits per heavy atom. The number of thioether (sulfide) groups is 1. The van der Waals surface area contributed by atoms with E-state index in [1.54, 1.807) is 29.6 Å². The number of aromatic nitrogens is 2. The molecule has 0 spiro atoms. The van der Waals surface area contributed by atoms with Crippen LogP contribution < -0.4 is 5.56 Å². The van der Waals surface area contributed by atoms with Crippen molar-refractivity contribution in [3.05, 3.63) is 92.8 Å². The second-order valence-electron chi connectivity index (χ2n) is 6.53. The van der Waals surface area contributed by atoms with Crippen molar-refractivity contribution in [2.24, 2.45) is 0 Å². The van der Waals surface area contributed by atoms with Crippen LogP contribution in [0.15, 0.2) is 69.9 Å². The smallest absolute Gasteiger partial charge is 0.282 e. The van der Waals surface area contributed by atoms with Gasteiger partial charge in [0.25, 0.3) is 5.56 Å². The summed E-state index contributed by atoms with van der Waals surface area (Å²) < 4.78 is 54.1. The lowest BCUT2D eigenvalue weighted by molar-refractivity contribution is -0.137. The summed E-state index contributed by atoms with van der Waals surface area (Å²) in [6.45, 7) is 0.185. The molecule has 0 amide bonds. The molecule has 2 heterocycles. The predicted molar refractivity (Wildman–Crippen MR) is 110 cm³/mol. The van der Waals surface area contributed by atoms with Gasteiger partial charge in [-0.15, -0.1) is 11.3 Å². The molecule has 4 rings (SSSR count). The van der Waals surface area contributed by atoms with Crippen LogP contribution in [0, 0.1) is 5.82 Å². The number of alkyl halides is 3. The largest absolute Gasteiger partial charge is 0.416 e. The van der Waals surface area contributed by atoms with E-state index < -0.39 is 11.7 Å². The quantitative estimate of drug-likeness (QED) is 0.214. The maximum Gasteiger partial charge on any atom is 0.416 e. The van der Waals surface area contributed by atoms with Crippen molar-refractivity contribution < 1.29 is 17.6 Å². The topological polar surface area (TPSA) is 34.9 Å². The molecular formula is C21H14F4N2OS2. The molecule has 0 aliphatic heterocycles. The Morgan fingerprint density at radius 3 is 2.53 bits per heavy atom. The molecule has 0 radical (unpaired) electrons. The molecule has 4 aromatic rings. The van der Waals surface area contributed by atoms with E-state index in [0.29, 0.717) is 20.9 Å². The highest BCUT2D eigenvalue weighted by molar-refractivity contribution is 7.98. The molecule has 0 fully saturated rings. The number of halogens is 4. The Bertz CT molecular complexity index is 1250. The molecule has 0 saturated heterocycles. The average Bonchev–Trinajstić information content (AvgIpc) is 3.19. The lowest BCUT2D eigenvalue weighted by Crippen LogP contribution is -2.23. The van der Waals surface area contributed by atoms with Crippen LogP contribution in [0.1, 0.15) is 16.7 Å². The molecule has 3 nitrogen and oxygen atoms in total. The van der Waals surface area contributed by atoms with Crippen molar-refractivity contribution in [2.45, 2.75) is 23.6 Å². The zero-order valence-corrected chi connectivity index (χ0v) is 17.0. The summed E-state index contributed by atoms with van der Waals surface area (Å²) >= 11 is 2.47. The number of hydrogen-bond acceptors (Lipinski definition) is 4. The first-order chi connectivity index (χ1) is 14.3.